The summed E-state index contributed by atoms with van der Waals surface area (Å²) in [4.78, 5) is 12.6. The number of aromatic nitrogens is 2. The summed E-state index contributed by atoms with van der Waals surface area (Å²) in [6.45, 7) is 1.24. The first kappa shape index (κ1) is 14.4. The van der Waals surface area contributed by atoms with E-state index in [4.69, 9.17) is 9.47 Å². The number of amides is 1. The minimum absolute atomic E-state index is 0.164. The number of aryl methyl sites for hydroxylation is 1. The molecular formula is C16H17N3O3S. The molecule has 0 atom stereocenters. The van der Waals surface area contributed by atoms with Gasteiger partial charge >= 0.3 is 0 Å². The summed E-state index contributed by atoms with van der Waals surface area (Å²) >= 11 is 1.81. The number of nitrogens with one attached hydrogen (secondary N) is 1. The maximum Gasteiger partial charge on any atom is 0.256 e. The molecule has 2 aliphatic heterocycles. The summed E-state index contributed by atoms with van der Waals surface area (Å²) in [7, 11) is 1.85. The van der Waals surface area contributed by atoms with Crippen LogP contribution in [0.4, 0.5) is 5.82 Å². The molecule has 23 heavy (non-hydrogen) atoms. The van der Waals surface area contributed by atoms with Crippen LogP contribution in [0.5, 0.6) is 11.5 Å². The van der Waals surface area contributed by atoms with Crippen LogP contribution < -0.4 is 14.8 Å². The second-order valence-electron chi connectivity index (χ2n) is 5.56. The van der Waals surface area contributed by atoms with Crippen LogP contribution >= 0.6 is 11.8 Å². The van der Waals surface area contributed by atoms with Gasteiger partial charge in [0.1, 0.15) is 5.82 Å². The molecule has 0 radical (unpaired) electrons. The Morgan fingerprint density at radius 2 is 2.09 bits per heavy atom. The average molecular weight is 331 g/mol. The van der Waals surface area contributed by atoms with Gasteiger partial charge in [-0.1, -0.05) is 0 Å². The fraction of sp³-hybridized carbons (Fsp3) is 0.375. The van der Waals surface area contributed by atoms with Crippen LogP contribution in [-0.4, -0.2) is 28.9 Å². The topological polar surface area (TPSA) is 65.4 Å². The number of benzene rings is 1. The van der Waals surface area contributed by atoms with Crippen LogP contribution in [0.1, 0.15) is 28.0 Å². The molecule has 2 aromatic rings. The van der Waals surface area contributed by atoms with Crippen molar-refractivity contribution in [1.82, 2.24) is 9.78 Å². The molecule has 0 saturated heterocycles. The van der Waals surface area contributed by atoms with E-state index in [0.717, 1.165) is 35.0 Å². The Bertz CT molecular complexity index is 772. The van der Waals surface area contributed by atoms with E-state index in [-0.39, 0.29) is 5.91 Å². The summed E-state index contributed by atoms with van der Waals surface area (Å²) in [6.07, 6.45) is 0.842. The maximum atomic E-state index is 12.6. The van der Waals surface area contributed by atoms with Gasteiger partial charge < -0.3 is 14.8 Å². The second-order valence-corrected chi connectivity index (χ2v) is 6.54. The first-order valence-corrected chi connectivity index (χ1v) is 8.71. The summed E-state index contributed by atoms with van der Waals surface area (Å²) < 4.78 is 13.0. The van der Waals surface area contributed by atoms with E-state index in [1.165, 1.54) is 0 Å². The molecule has 2 aliphatic rings. The Morgan fingerprint density at radius 1 is 1.26 bits per heavy atom. The van der Waals surface area contributed by atoms with E-state index in [1.54, 1.807) is 22.9 Å². The van der Waals surface area contributed by atoms with Gasteiger partial charge in [-0.2, -0.15) is 16.9 Å². The number of ether oxygens (including phenoxy) is 2. The van der Waals surface area contributed by atoms with Gasteiger partial charge in [0.2, 0.25) is 0 Å². The van der Waals surface area contributed by atoms with Gasteiger partial charge in [-0.3, -0.25) is 9.48 Å². The molecule has 7 heteroatoms. The van der Waals surface area contributed by atoms with Crippen molar-refractivity contribution in [2.75, 3.05) is 18.5 Å². The third-order valence-corrected chi connectivity index (χ3v) is 4.93. The van der Waals surface area contributed by atoms with Crippen LogP contribution in [0.25, 0.3) is 0 Å². The average Bonchev–Trinajstić information content (AvgIpc) is 3.01. The van der Waals surface area contributed by atoms with Crippen molar-refractivity contribution in [2.45, 2.75) is 17.9 Å². The molecule has 1 amide bonds. The van der Waals surface area contributed by atoms with E-state index >= 15 is 0 Å². The molecule has 6 nitrogen and oxygen atoms in total. The van der Waals surface area contributed by atoms with Gasteiger partial charge in [-0.05, 0) is 18.2 Å². The quantitative estimate of drug-likeness (QED) is 0.916. The molecule has 0 bridgehead atoms. The zero-order valence-corrected chi connectivity index (χ0v) is 13.6. The minimum atomic E-state index is -0.164. The van der Waals surface area contributed by atoms with E-state index in [0.29, 0.717) is 30.3 Å². The van der Waals surface area contributed by atoms with E-state index in [2.05, 4.69) is 10.4 Å². The van der Waals surface area contributed by atoms with Gasteiger partial charge in [-0.25, -0.2) is 0 Å². The fourth-order valence-corrected chi connectivity index (χ4v) is 3.82. The van der Waals surface area contributed by atoms with E-state index in [9.17, 15) is 4.79 Å². The number of nitrogens with zero attached hydrogens (tertiary/aromatic N) is 2. The largest absolute Gasteiger partial charge is 0.490 e. The predicted molar refractivity (Wildman–Crippen MR) is 88.2 cm³/mol. The lowest BCUT2D eigenvalue weighted by atomic mass is 10.2. The fourth-order valence-electron chi connectivity index (χ4n) is 2.78. The summed E-state index contributed by atoms with van der Waals surface area (Å²) in [5.41, 5.74) is 2.74. The highest BCUT2D eigenvalue weighted by molar-refractivity contribution is 7.98. The lowest BCUT2D eigenvalue weighted by Crippen LogP contribution is -2.15. The Hall–Kier alpha value is -2.15. The molecular weight excluding hydrogens is 314 g/mol. The molecule has 4 rings (SSSR count). The third kappa shape index (κ3) is 2.65. The third-order valence-electron chi connectivity index (χ3n) is 3.96. The molecule has 0 fully saturated rings. The second kappa shape index (κ2) is 5.81. The normalized spacial score (nSPS) is 15.9. The highest BCUT2D eigenvalue weighted by Gasteiger charge is 2.23. The lowest BCUT2D eigenvalue weighted by molar-refractivity contribution is 0.102. The number of hydrogen-bond acceptors (Lipinski definition) is 5. The smallest absolute Gasteiger partial charge is 0.256 e. The molecule has 1 aromatic carbocycles. The first-order chi connectivity index (χ1) is 11.2. The zero-order valence-electron chi connectivity index (χ0n) is 12.8. The molecule has 1 N–H and O–H groups in total. The van der Waals surface area contributed by atoms with Gasteiger partial charge in [0.25, 0.3) is 5.91 Å². The van der Waals surface area contributed by atoms with Gasteiger partial charge in [0, 0.05) is 36.1 Å². The number of hydrogen-bond donors (Lipinski definition) is 1. The van der Waals surface area contributed by atoms with Crippen molar-refractivity contribution in [3.05, 3.63) is 35.0 Å². The molecule has 0 saturated carbocycles. The van der Waals surface area contributed by atoms with Crippen molar-refractivity contribution >= 4 is 23.5 Å². The Kier molecular flexibility index (Phi) is 3.65. The first-order valence-electron chi connectivity index (χ1n) is 7.56. The number of carbonyl (C=O) groups is 1. The number of thioether (sulfide) groups is 1. The van der Waals surface area contributed by atoms with Crippen molar-refractivity contribution in [2.24, 2.45) is 7.05 Å². The number of carbonyl (C=O) groups excluding carboxylic acids is 1. The zero-order chi connectivity index (χ0) is 15.8. The van der Waals surface area contributed by atoms with Gasteiger partial charge in [0.05, 0.1) is 18.9 Å². The highest BCUT2D eigenvalue weighted by atomic mass is 32.2. The van der Waals surface area contributed by atoms with Crippen LogP contribution in [-0.2, 0) is 18.6 Å². The lowest BCUT2D eigenvalue weighted by Gasteiger charge is -2.10. The maximum absolute atomic E-state index is 12.6. The Morgan fingerprint density at radius 3 is 2.96 bits per heavy atom. The van der Waals surface area contributed by atoms with Crippen LogP contribution in [0, 0.1) is 0 Å². The van der Waals surface area contributed by atoms with Crippen LogP contribution in [0.2, 0.25) is 0 Å². The number of anilines is 1. The summed E-state index contributed by atoms with van der Waals surface area (Å²) in [5.74, 6) is 3.73. The number of fused-ring (bicyclic) bond motifs is 2. The molecule has 120 valence electrons. The van der Waals surface area contributed by atoms with Crippen molar-refractivity contribution < 1.29 is 14.3 Å². The standard InChI is InChI=1S/C16H17N3O3S/c1-19-15(11-8-23-9-12(11)18-19)17-16(20)10-3-4-13-14(7-10)22-6-2-5-21-13/h3-4,7H,2,5-6,8-9H2,1H3,(H,17,20). The molecule has 0 unspecified atom stereocenters. The van der Waals surface area contributed by atoms with Crippen molar-refractivity contribution in [3.8, 4) is 11.5 Å². The molecule has 0 aliphatic carbocycles. The summed E-state index contributed by atoms with van der Waals surface area (Å²) in [5, 5.41) is 7.44. The van der Waals surface area contributed by atoms with Gasteiger partial charge in [0.15, 0.2) is 11.5 Å². The SMILES string of the molecule is Cn1nc2c(c1NC(=O)c1ccc3c(c1)OCCCO3)CSC2. The van der Waals surface area contributed by atoms with E-state index in [1.807, 2.05) is 18.8 Å². The van der Waals surface area contributed by atoms with Crippen LogP contribution in [0.15, 0.2) is 18.2 Å². The number of rotatable bonds is 2. The van der Waals surface area contributed by atoms with Crippen molar-refractivity contribution in [1.29, 1.82) is 0 Å². The monoisotopic (exact) mass is 331 g/mol. The summed E-state index contributed by atoms with van der Waals surface area (Å²) in [6, 6.07) is 5.29. The van der Waals surface area contributed by atoms with Gasteiger partial charge in [-0.15, -0.1) is 0 Å². The molecule has 3 heterocycles. The Balaban J connectivity index is 1.59. The Labute approximate surface area is 138 Å². The molecule has 1 aromatic heterocycles. The molecule has 0 spiro atoms. The predicted octanol–water partition coefficient (Wildman–Crippen LogP) is 2.58. The van der Waals surface area contributed by atoms with E-state index < -0.39 is 0 Å². The van der Waals surface area contributed by atoms with Crippen molar-refractivity contribution in [3.63, 3.8) is 0 Å². The highest BCUT2D eigenvalue weighted by Crippen LogP contribution is 2.35. The van der Waals surface area contributed by atoms with Crippen LogP contribution in [0.3, 0.4) is 0 Å². The minimum Gasteiger partial charge on any atom is -0.490 e.